The molecule has 2 fully saturated rings. The zero-order valence-electron chi connectivity index (χ0n) is 21.5. The number of benzene rings is 1. The Morgan fingerprint density at radius 2 is 1.82 bits per heavy atom. The van der Waals surface area contributed by atoms with E-state index < -0.39 is 9.84 Å². The third-order valence-electron chi connectivity index (χ3n) is 7.92. The largest absolute Gasteiger partial charge is 0.382 e. The van der Waals surface area contributed by atoms with Gasteiger partial charge in [-0.3, -0.25) is 9.89 Å². The van der Waals surface area contributed by atoms with E-state index in [0.717, 1.165) is 30.3 Å². The molecule has 40 heavy (non-hydrogen) atoms. The first-order chi connectivity index (χ1) is 19.3. The summed E-state index contributed by atoms with van der Waals surface area (Å²) in [4.78, 5) is 24.0. The maximum atomic E-state index is 13.1. The predicted molar refractivity (Wildman–Crippen MR) is 144 cm³/mol. The number of nitrogens with one attached hydrogen (secondary N) is 1. The van der Waals surface area contributed by atoms with E-state index in [1.54, 1.807) is 17.1 Å². The quantitative estimate of drug-likeness (QED) is 0.328. The third-order valence-corrected chi connectivity index (χ3v) is 9.08. The molecule has 0 spiro atoms. The van der Waals surface area contributed by atoms with Gasteiger partial charge >= 0.3 is 0 Å². The molecule has 3 atom stereocenters. The van der Waals surface area contributed by atoms with Crippen LogP contribution in [0.15, 0.2) is 60.1 Å². The summed E-state index contributed by atoms with van der Waals surface area (Å²) in [6, 6.07) is 9.58. The molecule has 0 aliphatic carbocycles. The number of nitrogens with two attached hydrogens (primary N) is 1. The zero-order valence-corrected chi connectivity index (χ0v) is 22.4. The second-order valence-corrected chi connectivity index (χ2v) is 12.3. The second-order valence-electron chi connectivity index (χ2n) is 10.4. The summed E-state index contributed by atoms with van der Waals surface area (Å²) in [5.74, 6) is -0.168. The molecule has 1 aromatic carbocycles. The Balaban J connectivity index is 1.30. The Morgan fingerprint density at radius 3 is 2.50 bits per heavy atom. The summed E-state index contributed by atoms with van der Waals surface area (Å²) >= 11 is 0. The molecule has 1 amide bonds. The van der Waals surface area contributed by atoms with E-state index in [2.05, 4.69) is 25.4 Å². The summed E-state index contributed by atoms with van der Waals surface area (Å²) in [6.07, 6.45) is 10.5. The molecular weight excluding hydrogens is 532 g/mol. The lowest BCUT2D eigenvalue weighted by Gasteiger charge is -2.38. The molecule has 13 nitrogen and oxygen atoms in total. The van der Waals surface area contributed by atoms with Crippen LogP contribution >= 0.6 is 0 Å². The molecule has 6 heterocycles. The van der Waals surface area contributed by atoms with Gasteiger partial charge in [-0.1, -0.05) is 18.2 Å². The first kappa shape index (κ1) is 24.5. The molecule has 2 aliphatic rings. The molecule has 7 rings (SSSR count). The van der Waals surface area contributed by atoms with Gasteiger partial charge in [-0.15, -0.1) is 0 Å². The van der Waals surface area contributed by atoms with Gasteiger partial charge in [-0.2, -0.15) is 19.8 Å². The number of rotatable bonds is 5. The highest BCUT2D eigenvalue weighted by Gasteiger charge is 2.46. The maximum absolute atomic E-state index is 13.1. The topological polar surface area (TPSA) is 170 Å². The molecular formula is C26H26N10O3S. The first-order valence-corrected chi connectivity index (χ1v) is 14.8. The van der Waals surface area contributed by atoms with Gasteiger partial charge in [0.05, 0.1) is 23.8 Å². The van der Waals surface area contributed by atoms with E-state index in [-0.39, 0.29) is 40.4 Å². The van der Waals surface area contributed by atoms with Gasteiger partial charge in [-0.25, -0.2) is 23.1 Å². The molecule has 0 saturated carbocycles. The number of hydrogen-bond donors (Lipinski definition) is 2. The van der Waals surface area contributed by atoms with Crippen LogP contribution in [0.5, 0.6) is 0 Å². The number of H-pyrrole nitrogens is 1. The number of aromatic amines is 1. The van der Waals surface area contributed by atoms with E-state index in [0.29, 0.717) is 29.7 Å². The summed E-state index contributed by atoms with van der Waals surface area (Å²) < 4.78 is 29.2. The van der Waals surface area contributed by atoms with Gasteiger partial charge in [0.15, 0.2) is 15.5 Å². The van der Waals surface area contributed by atoms with Crippen LogP contribution in [0.3, 0.4) is 0 Å². The van der Waals surface area contributed by atoms with E-state index in [4.69, 9.17) is 10.7 Å². The lowest BCUT2D eigenvalue weighted by molar-refractivity contribution is 0.0556. The number of sulfone groups is 1. The van der Waals surface area contributed by atoms with Crippen molar-refractivity contribution in [3.05, 3.63) is 66.8 Å². The fourth-order valence-corrected chi connectivity index (χ4v) is 7.28. The fraction of sp³-hybridized carbons (Fsp3) is 0.308. The molecule has 2 bridgehead atoms. The summed E-state index contributed by atoms with van der Waals surface area (Å²) in [6.45, 7) is 0. The van der Waals surface area contributed by atoms with E-state index in [9.17, 15) is 13.2 Å². The number of aromatic nitrogens is 8. The Hall–Kier alpha value is -4.59. The standard InChI is InChI=1S/C26H26N10O3S/c1-40(38,39)22-21(15-9-18-7-8-19(10-15)35(18)26(37)24-28-14-29-33-24)32-25-20(12-31-36(25)23(22)27)16-11-30-34(13-16)17-5-3-2-4-6-17/h2-6,11-15,18-19H,7-10,27H2,1H3,(H,28,29,33)/t15?,18-,19?/m1/s1. The molecule has 0 radical (unpaired) electrons. The zero-order chi connectivity index (χ0) is 27.6. The molecule has 3 N–H and O–H groups in total. The molecule has 4 aromatic heterocycles. The number of fused-ring (bicyclic) bond motifs is 3. The number of amides is 1. The van der Waals surface area contributed by atoms with Crippen LogP contribution in [0.2, 0.25) is 0 Å². The van der Waals surface area contributed by atoms with Gasteiger partial charge in [0, 0.05) is 41.6 Å². The minimum atomic E-state index is -3.74. The molecule has 14 heteroatoms. The lowest BCUT2D eigenvalue weighted by atomic mass is 9.87. The van der Waals surface area contributed by atoms with Crippen molar-refractivity contribution in [3.8, 4) is 16.8 Å². The Morgan fingerprint density at radius 1 is 1.07 bits per heavy atom. The predicted octanol–water partition coefficient (Wildman–Crippen LogP) is 2.24. The highest BCUT2D eigenvalue weighted by Crippen LogP contribution is 2.45. The molecule has 2 unspecified atom stereocenters. The van der Waals surface area contributed by atoms with Crippen molar-refractivity contribution in [2.75, 3.05) is 12.0 Å². The number of carbonyl (C=O) groups excluding carboxylic acids is 1. The van der Waals surface area contributed by atoms with Gasteiger partial charge < -0.3 is 10.6 Å². The smallest absolute Gasteiger partial charge is 0.291 e. The third kappa shape index (κ3) is 3.86. The van der Waals surface area contributed by atoms with Crippen LogP contribution in [0.4, 0.5) is 5.82 Å². The number of piperidine rings is 1. The number of para-hydroxylation sites is 1. The van der Waals surface area contributed by atoms with Crippen LogP contribution in [0.1, 0.15) is 47.9 Å². The monoisotopic (exact) mass is 558 g/mol. The van der Waals surface area contributed by atoms with Gasteiger partial charge in [0.1, 0.15) is 17.0 Å². The van der Waals surface area contributed by atoms with Crippen molar-refractivity contribution in [2.24, 2.45) is 0 Å². The SMILES string of the molecule is CS(=O)(=O)c1c(C2CC3CC[C@H](C2)N3C(=O)c2ncn[nH]2)nc2c(-c3cnn(-c4ccccc4)c3)cnn2c1N. The normalized spacial score (nSPS) is 20.8. The van der Waals surface area contributed by atoms with Crippen molar-refractivity contribution in [1.82, 2.24) is 44.5 Å². The minimum Gasteiger partial charge on any atom is -0.382 e. The average molecular weight is 559 g/mol. The number of nitrogen functional groups attached to an aromatic ring is 1. The average Bonchev–Trinajstić information content (AvgIpc) is 3.74. The second kappa shape index (κ2) is 8.98. The summed E-state index contributed by atoms with van der Waals surface area (Å²) in [5.41, 5.74) is 9.75. The fourth-order valence-electron chi connectivity index (χ4n) is 6.22. The van der Waals surface area contributed by atoms with Crippen molar-refractivity contribution >= 4 is 27.2 Å². The Labute approximate surface area is 229 Å². The van der Waals surface area contributed by atoms with Crippen LogP contribution in [0.25, 0.3) is 22.5 Å². The first-order valence-electron chi connectivity index (χ1n) is 12.9. The van der Waals surface area contributed by atoms with Crippen LogP contribution < -0.4 is 5.73 Å². The van der Waals surface area contributed by atoms with Gasteiger partial charge in [-0.05, 0) is 37.8 Å². The highest BCUT2D eigenvalue weighted by molar-refractivity contribution is 7.91. The number of hydrogen-bond acceptors (Lipinski definition) is 9. The number of anilines is 1. The van der Waals surface area contributed by atoms with Gasteiger partial charge in [0.2, 0.25) is 5.82 Å². The van der Waals surface area contributed by atoms with E-state index >= 15 is 0 Å². The highest BCUT2D eigenvalue weighted by atomic mass is 32.2. The Kier molecular flexibility index (Phi) is 5.49. The van der Waals surface area contributed by atoms with E-state index in [1.807, 2.05) is 41.4 Å². The van der Waals surface area contributed by atoms with E-state index in [1.165, 1.54) is 10.8 Å². The molecule has 2 saturated heterocycles. The Bertz CT molecular complexity index is 1830. The van der Waals surface area contributed by atoms with Crippen LogP contribution in [-0.4, -0.2) is 77.1 Å². The number of carbonyl (C=O) groups is 1. The molecule has 2 aliphatic heterocycles. The van der Waals surface area contributed by atoms with Crippen LogP contribution in [0, 0.1) is 0 Å². The van der Waals surface area contributed by atoms with Crippen molar-refractivity contribution in [1.29, 1.82) is 0 Å². The lowest BCUT2D eigenvalue weighted by Crippen LogP contribution is -2.46. The van der Waals surface area contributed by atoms with Crippen LogP contribution in [-0.2, 0) is 9.84 Å². The van der Waals surface area contributed by atoms with Crippen molar-refractivity contribution < 1.29 is 13.2 Å². The maximum Gasteiger partial charge on any atom is 0.291 e. The van der Waals surface area contributed by atoms with Crippen molar-refractivity contribution in [3.63, 3.8) is 0 Å². The minimum absolute atomic E-state index is 0.00552. The summed E-state index contributed by atoms with van der Waals surface area (Å²) in [7, 11) is -3.74. The van der Waals surface area contributed by atoms with Crippen molar-refractivity contribution in [2.45, 2.75) is 48.6 Å². The summed E-state index contributed by atoms with van der Waals surface area (Å²) in [5, 5.41) is 15.4. The molecule has 5 aromatic rings. The molecule has 204 valence electrons. The van der Waals surface area contributed by atoms with Gasteiger partial charge in [0.25, 0.3) is 5.91 Å². The number of nitrogens with zero attached hydrogens (tertiary/aromatic N) is 8.